The van der Waals surface area contributed by atoms with E-state index in [1.807, 2.05) is 6.92 Å². The molecule has 0 aromatic heterocycles. The quantitative estimate of drug-likeness (QED) is 0.0140. The number of carbonyl (C=O) groups excluding carboxylic acids is 5. The number of hydrogen-bond donors (Lipinski definition) is 6. The minimum absolute atomic E-state index is 0.0278. The number of terminal acetylenes is 1. The second-order valence-electron chi connectivity index (χ2n) is 10.1. The highest BCUT2D eigenvalue weighted by Gasteiger charge is 2.19. The van der Waals surface area contributed by atoms with Gasteiger partial charge in [0.1, 0.15) is 14.6 Å². The second kappa shape index (κ2) is 71.0. The van der Waals surface area contributed by atoms with Gasteiger partial charge in [0.15, 0.2) is 0 Å². The van der Waals surface area contributed by atoms with Crippen LogP contribution in [-0.4, -0.2) is 203 Å². The van der Waals surface area contributed by atoms with Gasteiger partial charge in [-0.3, -0.25) is 28.8 Å². The van der Waals surface area contributed by atoms with Crippen LogP contribution in [0.4, 0.5) is 0 Å². The monoisotopic (exact) mass is 915 g/mol. The lowest BCUT2D eigenvalue weighted by Crippen LogP contribution is -2.24. The molecule has 1 fully saturated rings. The highest BCUT2D eigenvalue weighted by atomic mass is 35.5. The molecule has 1 amide bonds. The van der Waals surface area contributed by atoms with Gasteiger partial charge in [0.05, 0.1) is 125 Å². The van der Waals surface area contributed by atoms with Crippen molar-refractivity contribution >= 4 is 47.4 Å². The highest BCUT2D eigenvalue weighted by Crippen LogP contribution is 2.04. The molecule has 0 aromatic rings. The van der Waals surface area contributed by atoms with E-state index in [0.717, 1.165) is 6.42 Å². The first-order chi connectivity index (χ1) is 29.9. The van der Waals surface area contributed by atoms with E-state index < -0.39 is 23.9 Å². The molecule has 0 bridgehead atoms. The summed E-state index contributed by atoms with van der Waals surface area (Å²) in [6.07, 6.45) is 8.61. The van der Waals surface area contributed by atoms with Crippen molar-refractivity contribution in [2.24, 2.45) is 5.73 Å². The number of halogens is 1. The van der Waals surface area contributed by atoms with Crippen molar-refractivity contribution in [1.29, 1.82) is 0 Å². The number of methoxy groups -OCH3 is 3. The Morgan fingerprint density at radius 1 is 0.656 bits per heavy atom. The van der Waals surface area contributed by atoms with Crippen LogP contribution in [0.5, 0.6) is 0 Å². The maximum absolute atomic E-state index is 11.2. The van der Waals surface area contributed by atoms with Crippen LogP contribution in [0, 0.1) is 12.8 Å². The molecule has 0 aliphatic carbocycles. The van der Waals surface area contributed by atoms with Gasteiger partial charge >= 0.3 is 29.8 Å². The standard InChI is InChI=1S/C12H23NO5.C9H16O6.C5H12O3.C4H4O3.C4H10O3.C2H2.CH3Cl.CH5N/c1-3-6-13-11(14)4-5-12(15)18-10-9-17-8-7-16-2;1-13-4-5-14-6-7-15-9(12)3-2-8(10)11;1-7-4-5-8-3-2-6;5-3-1-2-4(6)7-3;5-1-3-7-4-2-6;3*1-2/h3-10H2,1-2H3,(H,13,14);2-7H2,1H3,(H,10,11);6H,2-5H2,1H3;1-2H2;5-6H,1-4H2;1-2H;1H3;2H2,1H3/i;;;;;1D;;. The zero-order valence-corrected chi connectivity index (χ0v) is 37.6. The minimum Gasteiger partial charge on any atom is -0.481 e. The number of aliphatic hydroxyl groups is 3. The third-order valence-corrected chi connectivity index (χ3v) is 5.42. The van der Waals surface area contributed by atoms with Gasteiger partial charge in [0.25, 0.3) is 0 Å². The van der Waals surface area contributed by atoms with Crippen LogP contribution in [0.25, 0.3) is 0 Å². The van der Waals surface area contributed by atoms with Gasteiger partial charge in [-0.1, -0.05) is 6.92 Å². The number of amides is 1. The fourth-order valence-corrected chi connectivity index (χ4v) is 2.81. The van der Waals surface area contributed by atoms with E-state index >= 15 is 0 Å². The molecule has 1 aliphatic heterocycles. The van der Waals surface area contributed by atoms with Gasteiger partial charge in [0, 0.05) is 40.7 Å². The summed E-state index contributed by atoms with van der Waals surface area (Å²) in [6.45, 7) is 7.89. The third kappa shape index (κ3) is 84.7. The maximum Gasteiger partial charge on any atom is 0.314 e. The van der Waals surface area contributed by atoms with Gasteiger partial charge in [-0.15, -0.1) is 24.4 Å². The average molecular weight is 916 g/mol. The average Bonchev–Trinajstić information content (AvgIpc) is 3.66. The Morgan fingerprint density at radius 3 is 1.28 bits per heavy atom. The van der Waals surface area contributed by atoms with Crippen LogP contribution in [-0.2, 0) is 76.1 Å². The maximum atomic E-state index is 11.2. The molecule has 0 unspecified atom stereocenters. The summed E-state index contributed by atoms with van der Waals surface area (Å²) in [5.41, 5.74) is 4.50. The Morgan fingerprint density at radius 2 is 0.984 bits per heavy atom. The number of nitrogens with one attached hydrogen (secondary N) is 1. The summed E-state index contributed by atoms with van der Waals surface area (Å²) < 4.78 is 53.3. The van der Waals surface area contributed by atoms with Crippen molar-refractivity contribution in [2.75, 3.05) is 147 Å². The van der Waals surface area contributed by atoms with E-state index in [2.05, 4.69) is 43.3 Å². The van der Waals surface area contributed by atoms with E-state index in [9.17, 15) is 28.8 Å². The highest BCUT2D eigenvalue weighted by molar-refractivity contribution is 6.15. The van der Waals surface area contributed by atoms with E-state index in [1.165, 1.54) is 19.8 Å². The fourth-order valence-electron chi connectivity index (χ4n) is 2.81. The lowest BCUT2D eigenvalue weighted by Gasteiger charge is -2.06. The molecule has 1 aliphatic rings. The van der Waals surface area contributed by atoms with Crippen molar-refractivity contribution in [2.45, 2.75) is 51.9 Å². The normalized spacial score (nSPS) is 10.4. The van der Waals surface area contributed by atoms with Gasteiger partial charge in [-0.25, -0.2) is 0 Å². The molecule has 23 heteroatoms. The van der Waals surface area contributed by atoms with Crippen molar-refractivity contribution < 1.29 is 97.9 Å². The van der Waals surface area contributed by atoms with Crippen molar-refractivity contribution in [3.63, 3.8) is 0 Å². The molecule has 7 N–H and O–H groups in total. The van der Waals surface area contributed by atoms with Crippen LogP contribution in [0.3, 0.4) is 0 Å². The fraction of sp³-hybridized carbons (Fsp3) is 0.789. The van der Waals surface area contributed by atoms with Gasteiger partial charge in [0.2, 0.25) is 5.91 Å². The first-order valence-electron chi connectivity index (χ1n) is 19.4. The first-order valence-corrected chi connectivity index (χ1v) is 19.6. The number of alkyl halides is 1. The smallest absolute Gasteiger partial charge is 0.314 e. The second-order valence-corrected chi connectivity index (χ2v) is 10.1. The number of hydrogen-bond acceptors (Lipinski definition) is 20. The number of aliphatic hydroxyl groups excluding tert-OH is 3. The van der Waals surface area contributed by atoms with Crippen LogP contribution in [0.1, 0.15) is 53.2 Å². The minimum atomic E-state index is -1.01. The molecule has 61 heavy (non-hydrogen) atoms. The Kier molecular flexibility index (Phi) is 80.4. The molecule has 0 aromatic carbocycles. The number of esters is 4. The molecule has 1 saturated heterocycles. The molecular formula is C38H75ClN2O20. The Balaban J connectivity index is -0.000000123. The van der Waals surface area contributed by atoms with Gasteiger partial charge < -0.3 is 78.8 Å². The van der Waals surface area contributed by atoms with Gasteiger partial charge in [-0.05, 0) is 13.5 Å². The van der Waals surface area contributed by atoms with Crippen LogP contribution in [0.2, 0.25) is 0 Å². The van der Waals surface area contributed by atoms with Crippen LogP contribution < -0.4 is 11.1 Å². The predicted octanol–water partition coefficient (Wildman–Crippen LogP) is -0.285. The van der Waals surface area contributed by atoms with Crippen molar-refractivity contribution in [3.05, 3.63) is 0 Å². The predicted molar refractivity (Wildman–Crippen MR) is 224 cm³/mol. The summed E-state index contributed by atoms with van der Waals surface area (Å²) >= 11 is 4.64. The number of carbonyl (C=O) groups is 6. The van der Waals surface area contributed by atoms with Crippen molar-refractivity contribution in [3.8, 4) is 12.8 Å². The molecule has 364 valence electrons. The SMILES string of the molecule is CCCNC(=O)CCC(=O)OCCOCCOC.CCl.CN.COCCOCCO.COCCOCCOC(=O)CCC(=O)O.O=C1CCC(=O)O1.OCCOCCO.[2H]C#C. The molecule has 0 saturated carbocycles. The van der Waals surface area contributed by atoms with E-state index in [1.54, 1.807) is 21.3 Å². The summed E-state index contributed by atoms with van der Waals surface area (Å²) in [5.74, 6) is -2.83. The Bertz CT molecular complexity index is 989. The molecule has 1 rings (SSSR count). The number of aliphatic carboxylic acids is 1. The number of carboxylic acids is 1. The van der Waals surface area contributed by atoms with E-state index in [-0.39, 0.29) is 83.4 Å². The molecule has 0 atom stereocenters. The molecule has 1 heterocycles. The van der Waals surface area contributed by atoms with Crippen molar-refractivity contribution in [1.82, 2.24) is 5.32 Å². The van der Waals surface area contributed by atoms with E-state index in [0.29, 0.717) is 79.2 Å². The topological polar surface area (TPSA) is 314 Å². The van der Waals surface area contributed by atoms with Crippen LogP contribution in [0.15, 0.2) is 0 Å². The number of carboxylic acid groups (broad SMARTS) is 1. The molecular weight excluding hydrogens is 840 g/mol. The Hall–Kier alpha value is -3.57. The summed E-state index contributed by atoms with van der Waals surface area (Å²) in [7, 11) is 6.27. The zero-order chi connectivity index (χ0) is 48.9. The first kappa shape index (κ1) is 69.1. The number of nitrogens with two attached hydrogens (primary N) is 1. The lowest BCUT2D eigenvalue weighted by molar-refractivity contribution is -0.152. The zero-order valence-electron chi connectivity index (χ0n) is 37.8. The van der Waals surface area contributed by atoms with Gasteiger partial charge in [-0.2, -0.15) is 0 Å². The molecule has 0 radical (unpaired) electrons. The van der Waals surface area contributed by atoms with E-state index in [4.69, 9.17) is 55.0 Å². The third-order valence-electron chi connectivity index (χ3n) is 5.42. The summed E-state index contributed by atoms with van der Waals surface area (Å²) in [4.78, 5) is 63.4. The number of cyclic esters (lactones) is 2. The lowest BCUT2D eigenvalue weighted by atomic mass is 10.3. The number of rotatable bonds is 29. The molecule has 0 spiro atoms. The summed E-state index contributed by atoms with van der Waals surface area (Å²) in [6, 6.07) is 0. The largest absolute Gasteiger partial charge is 0.481 e. The van der Waals surface area contributed by atoms with Crippen LogP contribution >= 0.6 is 11.6 Å². The summed E-state index contributed by atoms with van der Waals surface area (Å²) in [5, 5.41) is 35.3. The number of ether oxygens (including phenoxy) is 10. The molecule has 22 nitrogen and oxygen atoms in total. The Labute approximate surface area is 367 Å².